The molecule has 8 nitrogen and oxygen atoms in total. The van der Waals surface area contributed by atoms with Gasteiger partial charge in [0, 0.05) is 19.5 Å². The number of aliphatic carboxylic acids is 1. The van der Waals surface area contributed by atoms with Gasteiger partial charge in [-0.2, -0.15) is 0 Å². The number of carbonyl (C=O) groups excluding carboxylic acids is 2. The van der Waals surface area contributed by atoms with Crippen molar-refractivity contribution in [2.24, 2.45) is 0 Å². The topological polar surface area (TPSA) is 105 Å². The van der Waals surface area contributed by atoms with Crippen molar-refractivity contribution >= 4 is 18.0 Å². The van der Waals surface area contributed by atoms with E-state index in [0.717, 1.165) is 11.1 Å². The number of nitrogens with one attached hydrogen (secondary N) is 1. The molecule has 8 heteroatoms. The molecule has 1 aliphatic rings. The lowest BCUT2D eigenvalue weighted by Crippen LogP contribution is -2.40. The van der Waals surface area contributed by atoms with E-state index in [9.17, 15) is 14.4 Å². The number of hydrogen-bond acceptors (Lipinski definition) is 5. The average molecular weight is 440 g/mol. The number of carboxylic acid groups (broad SMARTS) is 1. The number of likely N-dealkylation sites (N-methyl/N-ethyl adjacent to an activating group) is 1. The van der Waals surface area contributed by atoms with Crippen molar-refractivity contribution in [2.75, 3.05) is 33.4 Å². The Labute approximate surface area is 187 Å². The van der Waals surface area contributed by atoms with E-state index in [-0.39, 0.29) is 44.6 Å². The van der Waals surface area contributed by atoms with Crippen LogP contribution in [0, 0.1) is 0 Å². The van der Waals surface area contributed by atoms with Crippen LogP contribution in [0.5, 0.6) is 0 Å². The monoisotopic (exact) mass is 440 g/mol. The summed E-state index contributed by atoms with van der Waals surface area (Å²) in [6, 6.07) is 15.4. The third-order valence-corrected chi connectivity index (χ3v) is 5.65. The number of rotatable bonds is 10. The molecule has 2 aromatic rings. The highest BCUT2D eigenvalue weighted by Gasteiger charge is 2.29. The smallest absolute Gasteiger partial charge is 0.407 e. The second kappa shape index (κ2) is 10.8. The van der Waals surface area contributed by atoms with Gasteiger partial charge in [-0.3, -0.25) is 4.79 Å². The highest BCUT2D eigenvalue weighted by molar-refractivity contribution is 5.83. The van der Waals surface area contributed by atoms with Crippen LogP contribution in [0.2, 0.25) is 0 Å². The predicted octanol–water partition coefficient (Wildman–Crippen LogP) is 2.86. The molecule has 2 amide bonds. The van der Waals surface area contributed by atoms with Crippen LogP contribution in [0.1, 0.15) is 30.4 Å². The van der Waals surface area contributed by atoms with E-state index in [1.807, 2.05) is 24.3 Å². The number of carboxylic acids is 1. The van der Waals surface area contributed by atoms with Gasteiger partial charge in [0.05, 0.1) is 19.6 Å². The number of fused-ring (bicyclic) bond motifs is 3. The first-order chi connectivity index (χ1) is 15.4. The molecule has 0 heterocycles. The molecular formula is C24H28N2O6. The van der Waals surface area contributed by atoms with Crippen LogP contribution in [0.15, 0.2) is 48.5 Å². The Hall–Kier alpha value is -3.39. The quantitative estimate of drug-likeness (QED) is 0.551. The fourth-order valence-electron chi connectivity index (χ4n) is 3.69. The van der Waals surface area contributed by atoms with Crippen LogP contribution in [0.25, 0.3) is 11.1 Å². The van der Waals surface area contributed by atoms with E-state index in [2.05, 4.69) is 29.6 Å². The van der Waals surface area contributed by atoms with E-state index in [1.165, 1.54) is 30.0 Å². The number of ether oxygens (including phenoxy) is 2. The SMILES string of the molecule is CC(C(=O)O)N(C)C(=O)CCOCCNC(=O)OCC1c2ccccc2-c2ccccc21. The molecule has 3 rings (SSSR count). The first-order valence-corrected chi connectivity index (χ1v) is 10.5. The van der Waals surface area contributed by atoms with E-state index in [1.54, 1.807) is 0 Å². The molecule has 1 aliphatic carbocycles. The van der Waals surface area contributed by atoms with Crippen LogP contribution < -0.4 is 5.32 Å². The largest absolute Gasteiger partial charge is 0.480 e. The number of amides is 2. The molecule has 0 saturated heterocycles. The predicted molar refractivity (Wildman–Crippen MR) is 118 cm³/mol. The van der Waals surface area contributed by atoms with Gasteiger partial charge in [-0.15, -0.1) is 0 Å². The Morgan fingerprint density at radius 2 is 1.62 bits per heavy atom. The van der Waals surface area contributed by atoms with Gasteiger partial charge in [-0.25, -0.2) is 9.59 Å². The van der Waals surface area contributed by atoms with Crippen LogP contribution in [0.3, 0.4) is 0 Å². The first-order valence-electron chi connectivity index (χ1n) is 10.5. The fraction of sp³-hybridized carbons (Fsp3) is 0.375. The summed E-state index contributed by atoms with van der Waals surface area (Å²) in [5.74, 6) is -1.38. The average Bonchev–Trinajstić information content (AvgIpc) is 3.12. The van der Waals surface area contributed by atoms with Gasteiger partial charge in [-0.1, -0.05) is 48.5 Å². The minimum Gasteiger partial charge on any atom is -0.480 e. The third-order valence-electron chi connectivity index (χ3n) is 5.65. The zero-order valence-corrected chi connectivity index (χ0v) is 18.2. The van der Waals surface area contributed by atoms with Gasteiger partial charge in [0.1, 0.15) is 12.6 Å². The molecular weight excluding hydrogens is 412 g/mol. The summed E-state index contributed by atoms with van der Waals surface area (Å²) < 4.78 is 10.8. The van der Waals surface area contributed by atoms with E-state index in [0.29, 0.717) is 0 Å². The lowest BCUT2D eigenvalue weighted by molar-refractivity contribution is -0.148. The van der Waals surface area contributed by atoms with Crippen molar-refractivity contribution in [3.8, 4) is 11.1 Å². The molecule has 0 saturated carbocycles. The molecule has 1 atom stereocenters. The summed E-state index contributed by atoms with van der Waals surface area (Å²) in [6.45, 7) is 2.28. The molecule has 2 aromatic carbocycles. The summed E-state index contributed by atoms with van der Waals surface area (Å²) in [7, 11) is 1.44. The van der Waals surface area contributed by atoms with E-state index >= 15 is 0 Å². The molecule has 0 aliphatic heterocycles. The molecule has 0 aromatic heterocycles. The van der Waals surface area contributed by atoms with Gasteiger partial charge in [0.25, 0.3) is 0 Å². The van der Waals surface area contributed by atoms with Crippen LogP contribution in [0.4, 0.5) is 4.79 Å². The second-order valence-corrected chi connectivity index (χ2v) is 7.63. The Morgan fingerprint density at radius 3 is 2.22 bits per heavy atom. The molecule has 170 valence electrons. The van der Waals surface area contributed by atoms with Crippen LogP contribution >= 0.6 is 0 Å². The zero-order chi connectivity index (χ0) is 23.1. The molecule has 0 bridgehead atoms. The lowest BCUT2D eigenvalue weighted by atomic mass is 9.98. The maximum atomic E-state index is 12.1. The summed E-state index contributed by atoms with van der Waals surface area (Å²) in [5, 5.41) is 11.6. The highest BCUT2D eigenvalue weighted by atomic mass is 16.5. The zero-order valence-electron chi connectivity index (χ0n) is 18.2. The summed E-state index contributed by atoms with van der Waals surface area (Å²) in [4.78, 5) is 36.1. The normalized spacial score (nSPS) is 13.1. The van der Waals surface area contributed by atoms with Gasteiger partial charge >= 0.3 is 12.1 Å². The lowest BCUT2D eigenvalue weighted by Gasteiger charge is -2.21. The van der Waals surface area contributed by atoms with Gasteiger partial charge in [0.15, 0.2) is 0 Å². The maximum Gasteiger partial charge on any atom is 0.407 e. The Morgan fingerprint density at radius 1 is 1.03 bits per heavy atom. The second-order valence-electron chi connectivity index (χ2n) is 7.63. The van der Waals surface area contributed by atoms with Gasteiger partial charge in [-0.05, 0) is 29.2 Å². The van der Waals surface area contributed by atoms with Crippen LogP contribution in [-0.4, -0.2) is 67.4 Å². The van der Waals surface area contributed by atoms with Crippen molar-refractivity contribution in [2.45, 2.75) is 25.3 Å². The summed E-state index contributed by atoms with van der Waals surface area (Å²) >= 11 is 0. The number of alkyl carbamates (subject to hydrolysis) is 1. The molecule has 0 radical (unpaired) electrons. The summed E-state index contributed by atoms with van der Waals surface area (Å²) in [5.41, 5.74) is 4.64. The fourth-order valence-corrected chi connectivity index (χ4v) is 3.69. The van der Waals surface area contributed by atoms with Crippen molar-refractivity contribution in [3.63, 3.8) is 0 Å². The molecule has 1 unspecified atom stereocenters. The van der Waals surface area contributed by atoms with Crippen LogP contribution in [-0.2, 0) is 19.1 Å². The number of benzene rings is 2. The molecule has 0 spiro atoms. The molecule has 2 N–H and O–H groups in total. The third kappa shape index (κ3) is 5.45. The van der Waals surface area contributed by atoms with Gasteiger partial charge < -0.3 is 24.8 Å². The Bertz CT molecular complexity index is 931. The van der Waals surface area contributed by atoms with Crippen molar-refractivity contribution in [3.05, 3.63) is 59.7 Å². The molecule has 32 heavy (non-hydrogen) atoms. The van der Waals surface area contributed by atoms with Crippen molar-refractivity contribution in [1.29, 1.82) is 0 Å². The van der Waals surface area contributed by atoms with Crippen molar-refractivity contribution in [1.82, 2.24) is 10.2 Å². The number of carbonyl (C=O) groups is 3. The Balaban J connectivity index is 1.36. The summed E-state index contributed by atoms with van der Waals surface area (Å²) in [6.07, 6.45) is -0.458. The number of hydrogen-bond donors (Lipinski definition) is 2. The van der Waals surface area contributed by atoms with Crippen molar-refractivity contribution < 1.29 is 29.0 Å². The molecule has 0 fully saturated rings. The first kappa shape index (κ1) is 23.3. The Kier molecular flexibility index (Phi) is 7.83. The van der Waals surface area contributed by atoms with Gasteiger partial charge in [0.2, 0.25) is 5.91 Å². The minimum atomic E-state index is -1.06. The standard InChI is InChI=1S/C24H28N2O6/c1-16(23(28)29)26(2)22(27)11-13-31-14-12-25-24(30)32-15-21-19-9-5-3-7-17(19)18-8-4-6-10-20(18)21/h3-10,16,21H,11-15H2,1-2H3,(H,25,30)(H,28,29). The highest BCUT2D eigenvalue weighted by Crippen LogP contribution is 2.44. The maximum absolute atomic E-state index is 12.1. The minimum absolute atomic E-state index is 0.000552. The van der Waals surface area contributed by atoms with E-state index in [4.69, 9.17) is 14.6 Å². The van der Waals surface area contributed by atoms with E-state index < -0.39 is 18.1 Å². The number of nitrogens with zero attached hydrogens (tertiary/aromatic N) is 1.